The Morgan fingerprint density at radius 2 is 1.64 bits per heavy atom. The number of carbonyl (C=O) groups is 2. The zero-order valence-electron chi connectivity index (χ0n) is 16.9. The quantitative estimate of drug-likeness (QED) is 0.396. The highest BCUT2D eigenvalue weighted by Gasteiger charge is 2.34. The SMILES string of the molecule is CC[C@](O)(c1cccc(OC)c1)[C@@H](C)CN(C)C.O=C(O)[C@@H](O)[C@H](O)C(=O)O. The van der Waals surface area contributed by atoms with E-state index in [0.29, 0.717) is 6.42 Å². The van der Waals surface area contributed by atoms with E-state index < -0.39 is 29.7 Å². The highest BCUT2D eigenvalue weighted by Crippen LogP contribution is 2.34. The second kappa shape index (κ2) is 11.6. The molecule has 0 fully saturated rings. The van der Waals surface area contributed by atoms with Gasteiger partial charge in [0.1, 0.15) is 5.75 Å². The summed E-state index contributed by atoms with van der Waals surface area (Å²) in [5.74, 6) is -2.59. The minimum absolute atomic E-state index is 0.157. The number of methoxy groups -OCH3 is 1. The summed E-state index contributed by atoms with van der Waals surface area (Å²) in [7, 11) is 5.70. The maximum atomic E-state index is 10.9. The molecular weight excluding hydrogens is 370 g/mol. The van der Waals surface area contributed by atoms with Crippen molar-refractivity contribution in [3.63, 3.8) is 0 Å². The predicted octanol–water partition coefficient (Wildman–Crippen LogP) is 0.368. The number of hydrogen-bond acceptors (Lipinski definition) is 7. The van der Waals surface area contributed by atoms with E-state index in [4.69, 9.17) is 25.2 Å². The first-order chi connectivity index (χ1) is 12.9. The number of nitrogens with zero attached hydrogens (tertiary/aromatic N) is 1. The van der Waals surface area contributed by atoms with Crippen LogP contribution in [0.4, 0.5) is 0 Å². The van der Waals surface area contributed by atoms with Gasteiger partial charge in [-0.15, -0.1) is 0 Å². The van der Waals surface area contributed by atoms with Gasteiger partial charge in [-0.25, -0.2) is 9.59 Å². The molecule has 4 atom stereocenters. The lowest BCUT2D eigenvalue weighted by molar-refractivity contribution is -0.165. The lowest BCUT2D eigenvalue weighted by Gasteiger charge is -2.35. The Balaban J connectivity index is 0.000000621. The largest absolute Gasteiger partial charge is 0.497 e. The van der Waals surface area contributed by atoms with Crippen LogP contribution in [0.3, 0.4) is 0 Å². The van der Waals surface area contributed by atoms with Crippen molar-refractivity contribution in [2.75, 3.05) is 27.7 Å². The van der Waals surface area contributed by atoms with Crippen molar-refractivity contribution < 1.29 is 39.9 Å². The monoisotopic (exact) mass is 401 g/mol. The van der Waals surface area contributed by atoms with E-state index in [1.807, 2.05) is 45.3 Å². The Hall–Kier alpha value is -2.20. The molecule has 9 heteroatoms. The smallest absolute Gasteiger partial charge is 0.335 e. The van der Waals surface area contributed by atoms with Gasteiger partial charge in [-0.1, -0.05) is 26.0 Å². The Kier molecular flexibility index (Phi) is 10.7. The third kappa shape index (κ3) is 7.43. The van der Waals surface area contributed by atoms with E-state index in [1.54, 1.807) is 7.11 Å². The van der Waals surface area contributed by atoms with Crippen LogP contribution in [0.5, 0.6) is 5.75 Å². The van der Waals surface area contributed by atoms with E-state index in [2.05, 4.69) is 11.8 Å². The number of aliphatic hydroxyl groups excluding tert-OH is 2. The summed E-state index contributed by atoms with van der Waals surface area (Å²) in [5.41, 5.74) is 0.123. The summed E-state index contributed by atoms with van der Waals surface area (Å²) >= 11 is 0. The highest BCUT2D eigenvalue weighted by molar-refractivity contribution is 5.83. The average molecular weight is 401 g/mol. The number of benzene rings is 1. The molecule has 0 aromatic heterocycles. The lowest BCUT2D eigenvalue weighted by Crippen LogP contribution is -2.39. The number of rotatable bonds is 9. The topological polar surface area (TPSA) is 148 Å². The van der Waals surface area contributed by atoms with Gasteiger partial charge in [0, 0.05) is 12.5 Å². The minimum Gasteiger partial charge on any atom is -0.497 e. The molecule has 0 saturated carbocycles. The molecule has 0 amide bonds. The van der Waals surface area contributed by atoms with Crippen LogP contribution in [-0.4, -0.2) is 82.3 Å². The molecule has 0 aliphatic heterocycles. The maximum absolute atomic E-state index is 10.9. The zero-order chi connectivity index (χ0) is 22.1. The van der Waals surface area contributed by atoms with Crippen LogP contribution < -0.4 is 4.74 Å². The molecule has 1 aromatic carbocycles. The van der Waals surface area contributed by atoms with E-state index in [1.165, 1.54) is 0 Å². The van der Waals surface area contributed by atoms with Gasteiger partial charge in [0.25, 0.3) is 0 Å². The van der Waals surface area contributed by atoms with Crippen LogP contribution in [0, 0.1) is 5.92 Å². The van der Waals surface area contributed by atoms with Gasteiger partial charge >= 0.3 is 11.9 Å². The van der Waals surface area contributed by atoms with E-state index in [9.17, 15) is 14.7 Å². The van der Waals surface area contributed by atoms with Crippen molar-refractivity contribution in [1.29, 1.82) is 0 Å². The van der Waals surface area contributed by atoms with Crippen molar-refractivity contribution in [2.45, 2.75) is 38.1 Å². The fraction of sp³-hybridized carbons (Fsp3) is 0.579. The van der Waals surface area contributed by atoms with E-state index in [-0.39, 0.29) is 5.92 Å². The molecular formula is C19H31NO8. The average Bonchev–Trinajstić information content (AvgIpc) is 2.65. The van der Waals surface area contributed by atoms with Crippen LogP contribution in [-0.2, 0) is 15.2 Å². The third-order valence-corrected chi connectivity index (χ3v) is 4.37. The molecule has 0 radical (unpaired) electrons. The van der Waals surface area contributed by atoms with E-state index in [0.717, 1.165) is 17.9 Å². The molecule has 9 nitrogen and oxygen atoms in total. The van der Waals surface area contributed by atoms with Crippen LogP contribution in [0.1, 0.15) is 25.8 Å². The summed E-state index contributed by atoms with van der Waals surface area (Å²) in [5, 5.41) is 43.5. The van der Waals surface area contributed by atoms with Gasteiger partial charge in [-0.2, -0.15) is 0 Å². The number of carboxylic acids is 2. The van der Waals surface area contributed by atoms with Gasteiger partial charge in [0.05, 0.1) is 12.7 Å². The zero-order valence-corrected chi connectivity index (χ0v) is 16.9. The lowest BCUT2D eigenvalue weighted by atomic mass is 9.80. The van der Waals surface area contributed by atoms with Crippen LogP contribution in [0.15, 0.2) is 24.3 Å². The molecule has 0 unspecified atom stereocenters. The third-order valence-electron chi connectivity index (χ3n) is 4.37. The predicted molar refractivity (Wildman–Crippen MR) is 102 cm³/mol. The minimum atomic E-state index is -2.27. The van der Waals surface area contributed by atoms with Crippen LogP contribution in [0.25, 0.3) is 0 Å². The highest BCUT2D eigenvalue weighted by atomic mass is 16.5. The van der Waals surface area contributed by atoms with Crippen molar-refractivity contribution >= 4 is 11.9 Å². The fourth-order valence-corrected chi connectivity index (χ4v) is 2.70. The Bertz CT molecular complexity index is 618. The first kappa shape index (κ1) is 25.8. The molecule has 0 aliphatic rings. The van der Waals surface area contributed by atoms with E-state index >= 15 is 0 Å². The molecule has 160 valence electrons. The summed E-state index contributed by atoms with van der Waals surface area (Å²) < 4.78 is 5.23. The molecule has 28 heavy (non-hydrogen) atoms. The number of carboxylic acid groups (broad SMARTS) is 2. The Morgan fingerprint density at radius 3 is 2.00 bits per heavy atom. The molecule has 1 aromatic rings. The van der Waals surface area contributed by atoms with Gasteiger partial charge < -0.3 is 35.2 Å². The number of hydrogen-bond donors (Lipinski definition) is 5. The normalized spacial score (nSPS) is 16.2. The Labute approximate surface area is 164 Å². The second-order valence-corrected chi connectivity index (χ2v) is 6.74. The fourth-order valence-electron chi connectivity index (χ4n) is 2.70. The molecule has 0 aliphatic carbocycles. The number of aliphatic hydroxyl groups is 3. The van der Waals surface area contributed by atoms with Crippen LogP contribution in [0.2, 0.25) is 0 Å². The molecule has 0 bridgehead atoms. The molecule has 5 N–H and O–H groups in total. The summed E-state index contributed by atoms with van der Waals surface area (Å²) in [6.45, 7) is 4.95. The first-order valence-electron chi connectivity index (χ1n) is 8.74. The van der Waals surface area contributed by atoms with Gasteiger partial charge in [-0.3, -0.25) is 0 Å². The maximum Gasteiger partial charge on any atom is 0.335 e. The number of ether oxygens (including phenoxy) is 1. The molecule has 0 spiro atoms. The molecule has 0 heterocycles. The summed E-state index contributed by atoms with van der Waals surface area (Å²) in [4.78, 5) is 21.6. The van der Waals surface area contributed by atoms with Gasteiger partial charge in [-0.05, 0) is 38.2 Å². The van der Waals surface area contributed by atoms with Gasteiger partial charge in [0.2, 0.25) is 0 Å². The van der Waals surface area contributed by atoms with Gasteiger partial charge in [0.15, 0.2) is 12.2 Å². The number of aliphatic carboxylic acids is 2. The summed E-state index contributed by atoms with van der Waals surface area (Å²) in [6.07, 6.45) is -3.84. The first-order valence-corrected chi connectivity index (χ1v) is 8.74. The summed E-state index contributed by atoms with van der Waals surface area (Å²) in [6, 6.07) is 7.72. The van der Waals surface area contributed by atoms with Crippen molar-refractivity contribution in [3.05, 3.63) is 29.8 Å². The van der Waals surface area contributed by atoms with Crippen molar-refractivity contribution in [1.82, 2.24) is 4.90 Å². The second-order valence-electron chi connectivity index (χ2n) is 6.74. The molecule has 1 rings (SSSR count). The van der Waals surface area contributed by atoms with Crippen molar-refractivity contribution in [3.8, 4) is 5.75 Å². The standard InChI is InChI=1S/C15H25NO2.C4H6O6/c1-6-15(17,12(2)11-16(3)4)13-8-7-9-14(10-13)18-5;5-1(3(7)8)2(6)4(9)10/h7-10,12,17H,6,11H2,1-5H3;1-2,5-6H,(H,7,8)(H,9,10)/t12-,15+;1-,2-/m00/s1. The molecule has 0 saturated heterocycles. The Morgan fingerprint density at radius 1 is 1.14 bits per heavy atom. The van der Waals surface area contributed by atoms with Crippen molar-refractivity contribution in [2.24, 2.45) is 5.92 Å². The van der Waals surface area contributed by atoms with Crippen LogP contribution >= 0.6 is 0 Å².